The van der Waals surface area contributed by atoms with Crippen LogP contribution in [0, 0.1) is 0 Å². The maximum Gasteiger partial charge on any atom is 0.317 e. The molecule has 0 aliphatic heterocycles. The monoisotopic (exact) mass is 439 g/mol. The fourth-order valence-electron chi connectivity index (χ4n) is 1.85. The van der Waals surface area contributed by atoms with E-state index in [1.165, 1.54) is 0 Å². The molecule has 6 nitrogen and oxygen atoms in total. The molecule has 2 amide bonds. The lowest BCUT2D eigenvalue weighted by Crippen LogP contribution is -2.48. The molecule has 0 bridgehead atoms. The van der Waals surface area contributed by atoms with E-state index in [0.29, 0.717) is 13.1 Å². The van der Waals surface area contributed by atoms with Crippen molar-refractivity contribution in [2.24, 2.45) is 5.73 Å². The molecule has 0 heterocycles. The minimum absolute atomic E-state index is 0.0515. The van der Waals surface area contributed by atoms with Crippen LogP contribution < -0.4 is 11.1 Å². The van der Waals surface area contributed by atoms with Gasteiger partial charge < -0.3 is 16.0 Å². The van der Waals surface area contributed by atoms with Gasteiger partial charge in [-0.3, -0.25) is 0 Å². The molecule has 0 fully saturated rings. The van der Waals surface area contributed by atoms with Crippen LogP contribution in [-0.4, -0.2) is 55.2 Å². The molecule has 8 heteroatoms. The normalized spacial score (nSPS) is 12.7. The highest BCUT2D eigenvalue weighted by molar-refractivity contribution is 14.1. The number of carbonyl (C=O) groups excluding carboxylic acids is 1. The first-order valence-electron chi connectivity index (χ1n) is 7.00. The van der Waals surface area contributed by atoms with Gasteiger partial charge in [-0.1, -0.05) is 40.8 Å². The van der Waals surface area contributed by atoms with Crippen LogP contribution in [0.3, 0.4) is 0 Å². The van der Waals surface area contributed by atoms with Crippen molar-refractivity contribution in [3.05, 3.63) is 30.3 Å². The molecule has 3 N–H and O–H groups in total. The van der Waals surface area contributed by atoms with E-state index < -0.39 is 9.84 Å². The Kier molecular flexibility index (Phi) is 8.12. The molecule has 0 aromatic heterocycles. The van der Waals surface area contributed by atoms with Crippen LogP contribution >= 0.6 is 22.6 Å². The van der Waals surface area contributed by atoms with Gasteiger partial charge in [0.1, 0.15) is 0 Å². The third-order valence-corrected chi connectivity index (χ3v) is 6.13. The lowest BCUT2D eigenvalue weighted by molar-refractivity contribution is 0.189. The third-order valence-electron chi connectivity index (χ3n) is 3.14. The van der Waals surface area contributed by atoms with Gasteiger partial charge in [-0.2, -0.15) is 0 Å². The summed E-state index contributed by atoms with van der Waals surface area (Å²) in [5.74, 6) is -0.103. The number of nitrogens with two attached hydrogens (primary N) is 1. The van der Waals surface area contributed by atoms with Crippen molar-refractivity contribution in [1.29, 1.82) is 0 Å². The molecule has 0 aliphatic rings. The number of nitrogens with zero attached hydrogens (tertiary/aromatic N) is 1. The second-order valence-corrected chi connectivity index (χ2v) is 7.84. The molecule has 1 aromatic carbocycles. The van der Waals surface area contributed by atoms with E-state index in [4.69, 9.17) is 5.73 Å². The van der Waals surface area contributed by atoms with Gasteiger partial charge in [-0.15, -0.1) is 0 Å². The summed E-state index contributed by atoms with van der Waals surface area (Å²) < 4.78 is 25.3. The summed E-state index contributed by atoms with van der Waals surface area (Å²) in [5, 5.41) is 2.69. The number of rotatable bonds is 8. The van der Waals surface area contributed by atoms with E-state index in [-0.39, 0.29) is 29.3 Å². The lowest BCUT2D eigenvalue weighted by Gasteiger charge is -2.28. The van der Waals surface area contributed by atoms with Gasteiger partial charge in [-0.05, 0) is 19.1 Å². The second kappa shape index (κ2) is 9.31. The maximum atomic E-state index is 12.3. The zero-order chi connectivity index (χ0) is 16.6. The first-order chi connectivity index (χ1) is 10.4. The van der Waals surface area contributed by atoms with Gasteiger partial charge in [-0.25, -0.2) is 13.2 Å². The summed E-state index contributed by atoms with van der Waals surface area (Å²) in [6.07, 6.45) is 0. The number of nitrogens with one attached hydrogen (secondary N) is 1. The minimum atomic E-state index is -3.40. The SMILES string of the molecule is CC(CI)N(CCS(=O)(=O)c1ccccc1)C(=O)NCCN. The molecule has 0 saturated heterocycles. The average molecular weight is 439 g/mol. The first kappa shape index (κ1) is 19.2. The predicted octanol–water partition coefficient (Wildman–Crippen LogP) is 1.25. The van der Waals surface area contributed by atoms with Crippen LogP contribution in [0.25, 0.3) is 0 Å². The zero-order valence-corrected chi connectivity index (χ0v) is 15.5. The van der Waals surface area contributed by atoms with Crippen molar-refractivity contribution in [2.45, 2.75) is 17.9 Å². The van der Waals surface area contributed by atoms with Crippen LogP contribution in [0.5, 0.6) is 0 Å². The topological polar surface area (TPSA) is 92.5 Å². The number of alkyl halides is 1. The van der Waals surface area contributed by atoms with Crippen LogP contribution in [0.2, 0.25) is 0 Å². The van der Waals surface area contributed by atoms with Gasteiger partial charge >= 0.3 is 6.03 Å². The Bertz CT molecular complexity index is 566. The predicted molar refractivity (Wildman–Crippen MR) is 96.0 cm³/mol. The quantitative estimate of drug-likeness (QED) is 0.471. The number of benzene rings is 1. The minimum Gasteiger partial charge on any atom is -0.337 e. The molecule has 1 atom stereocenters. The standard InChI is InChI=1S/C14H22IN3O3S/c1-12(11-15)18(14(19)17-8-7-16)9-10-22(20,21)13-5-3-2-4-6-13/h2-6,12H,7-11,16H2,1H3,(H,17,19). The molecule has 1 rings (SSSR count). The number of amides is 2. The van der Waals surface area contributed by atoms with Crippen molar-refractivity contribution in [3.8, 4) is 0 Å². The van der Waals surface area contributed by atoms with E-state index in [1.54, 1.807) is 35.2 Å². The zero-order valence-electron chi connectivity index (χ0n) is 12.5. The van der Waals surface area contributed by atoms with E-state index in [1.807, 2.05) is 6.92 Å². The molecule has 0 aliphatic carbocycles. The average Bonchev–Trinajstić information content (AvgIpc) is 2.53. The number of carbonyl (C=O) groups is 1. The van der Waals surface area contributed by atoms with E-state index in [0.717, 1.165) is 4.43 Å². The Labute approximate surface area is 145 Å². The largest absolute Gasteiger partial charge is 0.337 e. The molecule has 0 spiro atoms. The van der Waals surface area contributed by atoms with Crippen LogP contribution in [0.1, 0.15) is 6.92 Å². The number of hydrogen-bond acceptors (Lipinski definition) is 4. The van der Waals surface area contributed by atoms with Crippen LogP contribution in [0.15, 0.2) is 35.2 Å². The van der Waals surface area contributed by atoms with Gasteiger partial charge in [0.15, 0.2) is 9.84 Å². The molecule has 22 heavy (non-hydrogen) atoms. The highest BCUT2D eigenvalue weighted by Crippen LogP contribution is 2.12. The molecule has 124 valence electrons. The number of halogens is 1. The summed E-state index contributed by atoms with van der Waals surface area (Å²) in [4.78, 5) is 13.9. The van der Waals surface area contributed by atoms with Crippen LogP contribution in [0.4, 0.5) is 4.79 Å². The van der Waals surface area contributed by atoms with E-state index >= 15 is 0 Å². The summed E-state index contributed by atoms with van der Waals surface area (Å²) in [5.41, 5.74) is 5.37. The molecule has 1 unspecified atom stereocenters. The van der Waals surface area contributed by atoms with Crippen molar-refractivity contribution >= 4 is 38.5 Å². The third kappa shape index (κ3) is 5.73. The number of sulfone groups is 1. The highest BCUT2D eigenvalue weighted by atomic mass is 127. The fraction of sp³-hybridized carbons (Fsp3) is 0.500. The molecule has 0 saturated carbocycles. The molecular formula is C14H22IN3O3S. The number of hydrogen-bond donors (Lipinski definition) is 2. The van der Waals surface area contributed by atoms with Gasteiger partial charge in [0.2, 0.25) is 0 Å². The van der Waals surface area contributed by atoms with Gasteiger partial charge in [0.25, 0.3) is 0 Å². The summed E-state index contributed by atoms with van der Waals surface area (Å²) in [7, 11) is -3.40. The fourth-order valence-corrected chi connectivity index (χ4v) is 3.57. The van der Waals surface area contributed by atoms with Crippen molar-refractivity contribution in [1.82, 2.24) is 10.2 Å². The Hall–Kier alpha value is -0.870. The Balaban J connectivity index is 2.76. The van der Waals surface area contributed by atoms with Gasteiger partial charge in [0.05, 0.1) is 10.6 Å². The van der Waals surface area contributed by atoms with Crippen LogP contribution in [-0.2, 0) is 9.84 Å². The highest BCUT2D eigenvalue weighted by Gasteiger charge is 2.22. The first-order valence-corrected chi connectivity index (χ1v) is 10.2. The maximum absolute atomic E-state index is 12.3. The number of urea groups is 1. The smallest absolute Gasteiger partial charge is 0.317 e. The summed E-state index contributed by atoms with van der Waals surface area (Å²) in [6.45, 7) is 2.76. The summed E-state index contributed by atoms with van der Waals surface area (Å²) in [6, 6.07) is 7.94. The summed E-state index contributed by atoms with van der Waals surface area (Å²) >= 11 is 2.18. The van der Waals surface area contributed by atoms with Crippen molar-refractivity contribution < 1.29 is 13.2 Å². The van der Waals surface area contributed by atoms with Crippen molar-refractivity contribution in [3.63, 3.8) is 0 Å². The Morgan fingerprint density at radius 3 is 2.55 bits per heavy atom. The Morgan fingerprint density at radius 1 is 1.36 bits per heavy atom. The lowest BCUT2D eigenvalue weighted by atomic mass is 10.3. The second-order valence-electron chi connectivity index (χ2n) is 4.85. The van der Waals surface area contributed by atoms with E-state index in [9.17, 15) is 13.2 Å². The molecule has 1 aromatic rings. The van der Waals surface area contributed by atoms with Crippen molar-refractivity contribution in [2.75, 3.05) is 29.8 Å². The molecular weight excluding hydrogens is 417 g/mol. The Morgan fingerprint density at radius 2 is 2.00 bits per heavy atom. The van der Waals surface area contributed by atoms with Gasteiger partial charge in [0, 0.05) is 30.1 Å². The van der Waals surface area contributed by atoms with E-state index in [2.05, 4.69) is 27.9 Å². The molecule has 0 radical (unpaired) electrons.